The molecular formula is C13H10ClF3N2O. The fourth-order valence-corrected chi connectivity index (χ4v) is 1.78. The molecule has 0 aliphatic rings. The van der Waals surface area contributed by atoms with Crippen LogP contribution in [0.15, 0.2) is 30.6 Å². The number of aryl methyl sites for hydroxylation is 1. The van der Waals surface area contributed by atoms with Gasteiger partial charge in [0.05, 0.1) is 12.4 Å². The van der Waals surface area contributed by atoms with Crippen LogP contribution in [-0.2, 0) is 12.6 Å². The average Bonchev–Trinajstić information content (AvgIpc) is 2.37. The van der Waals surface area contributed by atoms with Crippen molar-refractivity contribution in [3.8, 4) is 11.5 Å². The lowest BCUT2D eigenvalue weighted by atomic mass is 10.2. The molecule has 1 heterocycles. The van der Waals surface area contributed by atoms with E-state index in [-0.39, 0.29) is 5.75 Å². The van der Waals surface area contributed by atoms with Crippen molar-refractivity contribution in [2.75, 3.05) is 0 Å². The van der Waals surface area contributed by atoms with Crippen LogP contribution < -0.4 is 4.74 Å². The van der Waals surface area contributed by atoms with Crippen molar-refractivity contribution in [2.45, 2.75) is 19.5 Å². The fourth-order valence-electron chi connectivity index (χ4n) is 1.54. The molecule has 0 bridgehead atoms. The average molecular weight is 303 g/mol. The van der Waals surface area contributed by atoms with E-state index >= 15 is 0 Å². The van der Waals surface area contributed by atoms with Gasteiger partial charge >= 0.3 is 6.18 Å². The summed E-state index contributed by atoms with van der Waals surface area (Å²) in [5.41, 5.74) is 0.959. The van der Waals surface area contributed by atoms with Crippen LogP contribution in [0.4, 0.5) is 13.2 Å². The molecule has 1 aromatic heterocycles. The molecule has 0 atom stereocenters. The highest BCUT2D eigenvalue weighted by molar-refractivity contribution is 6.30. The highest BCUT2D eigenvalue weighted by Crippen LogP contribution is 2.28. The molecule has 0 fully saturated rings. The van der Waals surface area contributed by atoms with Crippen LogP contribution in [0.3, 0.4) is 0 Å². The lowest BCUT2D eigenvalue weighted by Crippen LogP contribution is -2.10. The van der Waals surface area contributed by atoms with E-state index in [2.05, 4.69) is 9.97 Å². The number of hydrogen-bond donors (Lipinski definition) is 0. The van der Waals surface area contributed by atoms with Crippen LogP contribution in [0.5, 0.6) is 11.5 Å². The fraction of sp³-hybridized carbons (Fsp3) is 0.231. The summed E-state index contributed by atoms with van der Waals surface area (Å²) in [6.45, 7) is 1.96. The number of nitrogens with zero attached hydrogens (tertiary/aromatic N) is 2. The minimum absolute atomic E-state index is 0.113. The molecule has 0 saturated carbocycles. The van der Waals surface area contributed by atoms with Gasteiger partial charge in [-0.05, 0) is 30.2 Å². The van der Waals surface area contributed by atoms with Gasteiger partial charge in [-0.15, -0.1) is 0 Å². The highest BCUT2D eigenvalue weighted by Gasteiger charge is 2.34. The number of ether oxygens (including phenoxy) is 1. The molecule has 0 saturated heterocycles. The largest absolute Gasteiger partial charge is 0.454 e. The Bertz CT molecular complexity index is 600. The van der Waals surface area contributed by atoms with Crippen LogP contribution in [0.2, 0.25) is 5.02 Å². The van der Waals surface area contributed by atoms with E-state index < -0.39 is 12.0 Å². The van der Waals surface area contributed by atoms with Gasteiger partial charge in [-0.25, -0.2) is 9.97 Å². The second-order valence-corrected chi connectivity index (χ2v) is 4.43. The van der Waals surface area contributed by atoms with Gasteiger partial charge in [0.2, 0.25) is 5.82 Å². The maximum atomic E-state index is 12.3. The second kappa shape index (κ2) is 5.66. The third kappa shape index (κ3) is 3.60. The summed E-state index contributed by atoms with van der Waals surface area (Å²) in [6, 6.07) is 5.11. The third-order valence-corrected chi connectivity index (χ3v) is 2.67. The van der Waals surface area contributed by atoms with Gasteiger partial charge < -0.3 is 4.74 Å². The molecule has 1 aromatic carbocycles. The zero-order valence-corrected chi connectivity index (χ0v) is 11.2. The summed E-state index contributed by atoms with van der Waals surface area (Å²) in [6.07, 6.45) is -1.85. The molecule has 0 spiro atoms. The number of rotatable bonds is 3. The van der Waals surface area contributed by atoms with Gasteiger partial charge in [0.15, 0.2) is 5.75 Å². The van der Waals surface area contributed by atoms with Gasteiger partial charge in [0, 0.05) is 5.02 Å². The molecule has 0 aliphatic carbocycles. The smallest absolute Gasteiger partial charge is 0.451 e. The van der Waals surface area contributed by atoms with Crippen molar-refractivity contribution in [1.29, 1.82) is 0 Å². The quantitative estimate of drug-likeness (QED) is 0.837. The van der Waals surface area contributed by atoms with E-state index in [4.69, 9.17) is 16.3 Å². The number of halogens is 4. The van der Waals surface area contributed by atoms with Crippen molar-refractivity contribution in [2.24, 2.45) is 0 Å². The first kappa shape index (κ1) is 14.6. The maximum absolute atomic E-state index is 12.3. The van der Waals surface area contributed by atoms with Crippen LogP contribution >= 0.6 is 11.6 Å². The third-order valence-electron chi connectivity index (χ3n) is 2.46. The molecule has 0 N–H and O–H groups in total. The number of aromatic nitrogens is 2. The van der Waals surface area contributed by atoms with E-state index in [0.29, 0.717) is 10.8 Å². The molecule has 0 unspecified atom stereocenters. The Balaban J connectivity index is 2.20. The molecule has 106 valence electrons. The standard InChI is InChI=1S/C13H10ClF3N2O/c1-2-8-3-9(14)5-10(4-8)20-11-6-18-12(19-7-11)13(15,16)17/h3-7H,2H2,1H3. The molecule has 2 aromatic rings. The lowest BCUT2D eigenvalue weighted by Gasteiger charge is -2.08. The van der Waals surface area contributed by atoms with Gasteiger partial charge in [0.1, 0.15) is 5.75 Å². The summed E-state index contributed by atoms with van der Waals surface area (Å²) in [5, 5.41) is 0.493. The van der Waals surface area contributed by atoms with Crippen molar-refractivity contribution < 1.29 is 17.9 Å². The molecule has 7 heteroatoms. The molecule has 0 amide bonds. The second-order valence-electron chi connectivity index (χ2n) is 3.99. The summed E-state index contributed by atoms with van der Waals surface area (Å²) < 4.78 is 42.3. The van der Waals surface area contributed by atoms with E-state index in [1.807, 2.05) is 6.92 Å². The molecule has 2 rings (SSSR count). The predicted molar refractivity (Wildman–Crippen MR) is 67.9 cm³/mol. The topological polar surface area (TPSA) is 35.0 Å². The summed E-state index contributed by atoms with van der Waals surface area (Å²) in [5.74, 6) is -0.662. The monoisotopic (exact) mass is 302 g/mol. The SMILES string of the molecule is CCc1cc(Cl)cc(Oc2cnc(C(F)(F)F)nc2)c1. The number of benzene rings is 1. The normalized spacial score (nSPS) is 11.4. The van der Waals surface area contributed by atoms with Crippen molar-refractivity contribution in [3.05, 3.63) is 47.0 Å². The molecular weight excluding hydrogens is 293 g/mol. The minimum atomic E-state index is -4.57. The predicted octanol–water partition coefficient (Wildman–Crippen LogP) is 4.50. The maximum Gasteiger partial charge on any atom is 0.451 e. The van der Waals surface area contributed by atoms with Crippen LogP contribution in [0.1, 0.15) is 18.3 Å². The first-order chi connectivity index (χ1) is 9.38. The van der Waals surface area contributed by atoms with Gasteiger partial charge in [-0.3, -0.25) is 0 Å². The van der Waals surface area contributed by atoms with Gasteiger partial charge in [0.25, 0.3) is 0 Å². The summed E-state index contributed by atoms with van der Waals surface area (Å²) >= 11 is 5.92. The van der Waals surface area contributed by atoms with Gasteiger partial charge in [-0.1, -0.05) is 18.5 Å². The molecule has 3 nitrogen and oxygen atoms in total. The Morgan fingerprint density at radius 2 is 1.75 bits per heavy atom. The van der Waals surface area contributed by atoms with E-state index in [1.54, 1.807) is 18.2 Å². The van der Waals surface area contributed by atoms with E-state index in [1.165, 1.54) is 0 Å². The van der Waals surface area contributed by atoms with E-state index in [0.717, 1.165) is 24.4 Å². The zero-order chi connectivity index (χ0) is 14.8. The minimum Gasteiger partial charge on any atom is -0.454 e. The highest BCUT2D eigenvalue weighted by atomic mass is 35.5. The van der Waals surface area contributed by atoms with Crippen LogP contribution in [0.25, 0.3) is 0 Å². The van der Waals surface area contributed by atoms with Crippen molar-refractivity contribution in [3.63, 3.8) is 0 Å². The Labute approximate surface area is 118 Å². The van der Waals surface area contributed by atoms with Crippen LogP contribution in [-0.4, -0.2) is 9.97 Å². The zero-order valence-electron chi connectivity index (χ0n) is 10.4. The summed E-state index contributed by atoms with van der Waals surface area (Å²) in [4.78, 5) is 6.43. The number of hydrogen-bond acceptors (Lipinski definition) is 3. The first-order valence-electron chi connectivity index (χ1n) is 5.75. The Morgan fingerprint density at radius 1 is 1.10 bits per heavy atom. The molecule has 20 heavy (non-hydrogen) atoms. The van der Waals surface area contributed by atoms with Gasteiger partial charge in [-0.2, -0.15) is 13.2 Å². The molecule has 0 aliphatic heterocycles. The Hall–Kier alpha value is -1.82. The van der Waals surface area contributed by atoms with Crippen LogP contribution in [0, 0.1) is 0 Å². The number of alkyl halides is 3. The van der Waals surface area contributed by atoms with Crippen molar-refractivity contribution >= 4 is 11.6 Å². The Kier molecular flexibility index (Phi) is 4.13. The molecule has 0 radical (unpaired) electrons. The van der Waals surface area contributed by atoms with Crippen molar-refractivity contribution in [1.82, 2.24) is 9.97 Å². The Morgan fingerprint density at radius 3 is 2.30 bits per heavy atom. The summed E-state index contributed by atoms with van der Waals surface area (Å²) in [7, 11) is 0. The lowest BCUT2D eigenvalue weighted by molar-refractivity contribution is -0.145. The van der Waals surface area contributed by atoms with E-state index in [9.17, 15) is 13.2 Å². The first-order valence-corrected chi connectivity index (χ1v) is 6.13.